The molecule has 0 saturated heterocycles. The number of pyridine rings is 1. The van der Waals surface area contributed by atoms with Crippen LogP contribution in [-0.2, 0) is 6.54 Å². The maximum absolute atomic E-state index is 4.26. The molecule has 4 nitrogen and oxygen atoms in total. The van der Waals surface area contributed by atoms with Crippen molar-refractivity contribution in [1.82, 2.24) is 15.0 Å². The van der Waals surface area contributed by atoms with Crippen LogP contribution in [0.2, 0.25) is 0 Å². The molecule has 0 radical (unpaired) electrons. The van der Waals surface area contributed by atoms with E-state index in [2.05, 4.69) is 20.3 Å². The van der Waals surface area contributed by atoms with Gasteiger partial charge in [0, 0.05) is 11.9 Å². The van der Waals surface area contributed by atoms with Crippen LogP contribution in [0.1, 0.15) is 17.0 Å². The largest absolute Gasteiger partial charge is 0.364 e. The van der Waals surface area contributed by atoms with Crippen LogP contribution in [0.15, 0.2) is 30.7 Å². The SMILES string of the molecule is Cc1ccc(NCc2cc(C)ncn2)nc1. The highest BCUT2D eigenvalue weighted by atomic mass is 15.0. The van der Waals surface area contributed by atoms with Crippen molar-refractivity contribution in [2.75, 3.05) is 5.32 Å². The van der Waals surface area contributed by atoms with Gasteiger partial charge in [-0.25, -0.2) is 15.0 Å². The Morgan fingerprint density at radius 3 is 2.69 bits per heavy atom. The molecule has 2 aromatic heterocycles. The summed E-state index contributed by atoms with van der Waals surface area (Å²) in [5.74, 6) is 0.863. The maximum Gasteiger partial charge on any atom is 0.126 e. The molecule has 0 spiro atoms. The van der Waals surface area contributed by atoms with Crippen molar-refractivity contribution < 1.29 is 0 Å². The monoisotopic (exact) mass is 214 g/mol. The summed E-state index contributed by atoms with van der Waals surface area (Å²) in [6, 6.07) is 5.95. The first-order valence-corrected chi connectivity index (χ1v) is 5.18. The molecule has 0 bridgehead atoms. The van der Waals surface area contributed by atoms with Crippen molar-refractivity contribution in [3.63, 3.8) is 0 Å². The van der Waals surface area contributed by atoms with E-state index < -0.39 is 0 Å². The molecule has 0 atom stereocenters. The van der Waals surface area contributed by atoms with E-state index >= 15 is 0 Å². The summed E-state index contributed by atoms with van der Waals surface area (Å²) in [6.07, 6.45) is 3.42. The molecule has 0 amide bonds. The molecule has 0 aliphatic rings. The number of rotatable bonds is 3. The van der Waals surface area contributed by atoms with Gasteiger partial charge in [0.2, 0.25) is 0 Å². The van der Waals surface area contributed by atoms with Crippen LogP contribution in [0.3, 0.4) is 0 Å². The Morgan fingerprint density at radius 2 is 2.00 bits per heavy atom. The Morgan fingerprint density at radius 1 is 1.12 bits per heavy atom. The molecule has 82 valence electrons. The Bertz CT molecular complexity index is 465. The Kier molecular flexibility index (Phi) is 3.10. The molecule has 2 heterocycles. The molecule has 2 aromatic rings. The third-order valence-electron chi connectivity index (χ3n) is 2.22. The topological polar surface area (TPSA) is 50.7 Å². The zero-order chi connectivity index (χ0) is 11.4. The van der Waals surface area contributed by atoms with Crippen LogP contribution in [0, 0.1) is 13.8 Å². The van der Waals surface area contributed by atoms with Gasteiger partial charge in [-0.05, 0) is 31.5 Å². The van der Waals surface area contributed by atoms with Crippen LogP contribution in [0.25, 0.3) is 0 Å². The van der Waals surface area contributed by atoms with Crippen molar-refractivity contribution in [2.45, 2.75) is 20.4 Å². The van der Waals surface area contributed by atoms with Crippen molar-refractivity contribution in [3.05, 3.63) is 47.7 Å². The molecular weight excluding hydrogens is 200 g/mol. The highest BCUT2D eigenvalue weighted by Gasteiger charge is 1.97. The summed E-state index contributed by atoms with van der Waals surface area (Å²) in [5, 5.41) is 3.21. The van der Waals surface area contributed by atoms with Gasteiger partial charge in [0.15, 0.2) is 0 Å². The number of aromatic nitrogens is 3. The van der Waals surface area contributed by atoms with E-state index in [0.29, 0.717) is 6.54 Å². The standard InChI is InChI=1S/C12H14N4/c1-9-3-4-12(13-6-9)14-7-11-5-10(2)15-8-16-11/h3-6,8H,7H2,1-2H3,(H,13,14). The van der Waals surface area contributed by atoms with Gasteiger partial charge < -0.3 is 5.32 Å². The Labute approximate surface area is 94.8 Å². The fourth-order valence-corrected chi connectivity index (χ4v) is 1.36. The van der Waals surface area contributed by atoms with Gasteiger partial charge in [0.1, 0.15) is 12.1 Å². The lowest BCUT2D eigenvalue weighted by molar-refractivity contribution is 0.974. The van der Waals surface area contributed by atoms with Gasteiger partial charge in [0.05, 0.1) is 12.2 Å². The number of hydrogen-bond donors (Lipinski definition) is 1. The van der Waals surface area contributed by atoms with E-state index in [1.165, 1.54) is 0 Å². The second-order valence-electron chi connectivity index (χ2n) is 3.73. The van der Waals surface area contributed by atoms with E-state index in [4.69, 9.17) is 0 Å². The average molecular weight is 214 g/mol. The number of nitrogens with one attached hydrogen (secondary N) is 1. The molecule has 0 aliphatic carbocycles. The van der Waals surface area contributed by atoms with Gasteiger partial charge in [-0.2, -0.15) is 0 Å². The van der Waals surface area contributed by atoms with Gasteiger partial charge in [0.25, 0.3) is 0 Å². The third-order valence-corrected chi connectivity index (χ3v) is 2.22. The second-order valence-corrected chi connectivity index (χ2v) is 3.73. The lowest BCUT2D eigenvalue weighted by atomic mass is 10.3. The zero-order valence-electron chi connectivity index (χ0n) is 9.44. The van der Waals surface area contributed by atoms with Crippen molar-refractivity contribution >= 4 is 5.82 Å². The molecule has 0 aromatic carbocycles. The number of hydrogen-bond acceptors (Lipinski definition) is 4. The molecule has 0 fully saturated rings. The van der Waals surface area contributed by atoms with Gasteiger partial charge >= 0.3 is 0 Å². The van der Waals surface area contributed by atoms with Crippen LogP contribution in [0.4, 0.5) is 5.82 Å². The summed E-state index contributed by atoms with van der Waals surface area (Å²) >= 11 is 0. The number of anilines is 1. The summed E-state index contributed by atoms with van der Waals surface area (Å²) < 4.78 is 0. The first-order valence-electron chi connectivity index (χ1n) is 5.18. The molecular formula is C12H14N4. The maximum atomic E-state index is 4.26. The Hall–Kier alpha value is -1.97. The summed E-state index contributed by atoms with van der Waals surface area (Å²) in [6.45, 7) is 4.64. The van der Waals surface area contributed by atoms with Crippen molar-refractivity contribution in [1.29, 1.82) is 0 Å². The van der Waals surface area contributed by atoms with Gasteiger partial charge in [-0.3, -0.25) is 0 Å². The Balaban J connectivity index is 1.99. The molecule has 1 N–H and O–H groups in total. The van der Waals surface area contributed by atoms with E-state index in [9.17, 15) is 0 Å². The smallest absolute Gasteiger partial charge is 0.126 e. The highest BCUT2D eigenvalue weighted by Crippen LogP contribution is 2.05. The fraction of sp³-hybridized carbons (Fsp3) is 0.250. The lowest BCUT2D eigenvalue weighted by Crippen LogP contribution is -2.03. The first-order chi connectivity index (χ1) is 7.74. The minimum absolute atomic E-state index is 0.666. The minimum Gasteiger partial charge on any atom is -0.364 e. The lowest BCUT2D eigenvalue weighted by Gasteiger charge is -2.05. The van der Waals surface area contributed by atoms with Crippen molar-refractivity contribution in [2.24, 2.45) is 0 Å². The second kappa shape index (κ2) is 4.70. The van der Waals surface area contributed by atoms with E-state index in [1.807, 2.05) is 38.2 Å². The highest BCUT2D eigenvalue weighted by molar-refractivity contribution is 5.35. The third kappa shape index (κ3) is 2.76. The van der Waals surface area contributed by atoms with E-state index in [-0.39, 0.29) is 0 Å². The average Bonchev–Trinajstić information content (AvgIpc) is 2.28. The van der Waals surface area contributed by atoms with E-state index in [1.54, 1.807) is 6.33 Å². The predicted octanol–water partition coefficient (Wildman–Crippen LogP) is 2.10. The van der Waals surface area contributed by atoms with E-state index in [0.717, 1.165) is 22.8 Å². The minimum atomic E-state index is 0.666. The van der Waals surface area contributed by atoms with Crippen LogP contribution in [0.5, 0.6) is 0 Å². The summed E-state index contributed by atoms with van der Waals surface area (Å²) in [7, 11) is 0. The molecule has 16 heavy (non-hydrogen) atoms. The molecule has 2 rings (SSSR count). The first kappa shape index (κ1) is 10.5. The summed E-state index contributed by atoms with van der Waals surface area (Å²) in [5.41, 5.74) is 3.10. The summed E-state index contributed by atoms with van der Waals surface area (Å²) in [4.78, 5) is 12.5. The zero-order valence-corrected chi connectivity index (χ0v) is 9.44. The number of nitrogens with zero attached hydrogens (tertiary/aromatic N) is 3. The normalized spacial score (nSPS) is 10.1. The quantitative estimate of drug-likeness (QED) is 0.850. The molecule has 0 saturated carbocycles. The fourth-order valence-electron chi connectivity index (χ4n) is 1.36. The predicted molar refractivity (Wildman–Crippen MR) is 63.1 cm³/mol. The molecule has 0 unspecified atom stereocenters. The van der Waals surface area contributed by atoms with Crippen LogP contribution in [-0.4, -0.2) is 15.0 Å². The van der Waals surface area contributed by atoms with Crippen LogP contribution < -0.4 is 5.32 Å². The van der Waals surface area contributed by atoms with Crippen LogP contribution >= 0.6 is 0 Å². The number of aryl methyl sites for hydroxylation is 2. The molecule has 0 aliphatic heterocycles. The van der Waals surface area contributed by atoms with Gasteiger partial charge in [-0.15, -0.1) is 0 Å². The molecule has 4 heteroatoms. The van der Waals surface area contributed by atoms with Gasteiger partial charge in [-0.1, -0.05) is 6.07 Å². The van der Waals surface area contributed by atoms with Crippen molar-refractivity contribution in [3.8, 4) is 0 Å².